The lowest BCUT2D eigenvalue weighted by Crippen LogP contribution is -2.31. The molecule has 0 radical (unpaired) electrons. The summed E-state index contributed by atoms with van der Waals surface area (Å²) in [4.78, 5) is 14.6. The minimum atomic E-state index is -3.44. The maximum atomic E-state index is 13.0. The molecule has 26 heavy (non-hydrogen) atoms. The number of carbonyl (C=O) groups is 1. The summed E-state index contributed by atoms with van der Waals surface area (Å²) in [5.74, 6) is -0.327. The van der Waals surface area contributed by atoms with Gasteiger partial charge in [-0.25, -0.2) is 8.42 Å². The highest BCUT2D eigenvalue weighted by Gasteiger charge is 2.20. The first-order valence-corrected chi connectivity index (χ1v) is 10.3. The van der Waals surface area contributed by atoms with Gasteiger partial charge in [0.15, 0.2) is 9.84 Å². The van der Waals surface area contributed by atoms with E-state index >= 15 is 0 Å². The normalized spacial score (nSPS) is 11.0. The van der Waals surface area contributed by atoms with Crippen LogP contribution in [0, 0.1) is 11.3 Å². The van der Waals surface area contributed by atoms with Gasteiger partial charge in [-0.15, -0.1) is 0 Å². The van der Waals surface area contributed by atoms with E-state index < -0.39 is 9.84 Å². The third-order valence-electron chi connectivity index (χ3n) is 3.83. The van der Waals surface area contributed by atoms with Gasteiger partial charge < -0.3 is 4.90 Å². The van der Waals surface area contributed by atoms with Gasteiger partial charge in [-0.3, -0.25) is 4.79 Å². The first-order valence-electron chi connectivity index (χ1n) is 8.04. The zero-order valence-corrected chi connectivity index (χ0v) is 16.1. The SMILES string of the molecule is CCCN(Cc1ccc(C#N)cc1)C(=O)c1cc(S(C)(=O)=O)ccc1Cl. The highest BCUT2D eigenvalue weighted by molar-refractivity contribution is 7.90. The molecule has 0 heterocycles. The van der Waals surface area contributed by atoms with E-state index in [2.05, 4.69) is 6.07 Å². The largest absolute Gasteiger partial charge is 0.334 e. The third-order valence-corrected chi connectivity index (χ3v) is 5.27. The number of carbonyl (C=O) groups excluding carboxylic acids is 1. The fraction of sp³-hybridized carbons (Fsp3) is 0.263. The molecule has 0 aromatic heterocycles. The van der Waals surface area contributed by atoms with Crippen LogP contribution in [0.4, 0.5) is 0 Å². The number of amides is 1. The lowest BCUT2D eigenvalue weighted by Gasteiger charge is -2.23. The smallest absolute Gasteiger partial charge is 0.255 e. The first-order chi connectivity index (χ1) is 12.3. The minimum absolute atomic E-state index is 0.0556. The molecule has 0 aliphatic rings. The Kier molecular flexibility index (Phi) is 6.41. The van der Waals surface area contributed by atoms with Crippen molar-refractivity contribution in [2.75, 3.05) is 12.8 Å². The van der Waals surface area contributed by atoms with E-state index in [-0.39, 0.29) is 21.4 Å². The number of nitriles is 1. The summed E-state index contributed by atoms with van der Waals surface area (Å²) in [7, 11) is -3.44. The Balaban J connectivity index is 2.34. The van der Waals surface area contributed by atoms with Gasteiger partial charge in [0.2, 0.25) is 0 Å². The second-order valence-corrected chi connectivity index (χ2v) is 8.37. The average molecular weight is 391 g/mol. The molecule has 0 aliphatic carbocycles. The quantitative estimate of drug-likeness (QED) is 0.753. The van der Waals surface area contributed by atoms with Crippen LogP contribution < -0.4 is 0 Å². The van der Waals surface area contributed by atoms with Gasteiger partial charge in [-0.05, 0) is 42.3 Å². The molecule has 0 fully saturated rings. The lowest BCUT2D eigenvalue weighted by atomic mass is 10.1. The Morgan fingerprint density at radius 1 is 1.19 bits per heavy atom. The number of nitrogens with zero attached hydrogens (tertiary/aromatic N) is 2. The fourth-order valence-corrected chi connectivity index (χ4v) is 3.34. The summed E-state index contributed by atoms with van der Waals surface area (Å²) in [5, 5.41) is 9.09. The van der Waals surface area contributed by atoms with E-state index in [1.807, 2.05) is 6.92 Å². The molecule has 0 saturated carbocycles. The van der Waals surface area contributed by atoms with Crippen molar-refractivity contribution in [3.8, 4) is 6.07 Å². The van der Waals surface area contributed by atoms with E-state index in [4.69, 9.17) is 16.9 Å². The molecule has 0 aliphatic heterocycles. The Bertz CT molecular complexity index is 948. The number of hydrogen-bond acceptors (Lipinski definition) is 4. The topological polar surface area (TPSA) is 78.2 Å². The fourth-order valence-electron chi connectivity index (χ4n) is 2.50. The Morgan fingerprint density at radius 3 is 2.38 bits per heavy atom. The molecule has 0 bridgehead atoms. The molecule has 0 unspecified atom stereocenters. The van der Waals surface area contributed by atoms with Crippen LogP contribution >= 0.6 is 11.6 Å². The molecular formula is C19H19ClN2O3S. The Hall–Kier alpha value is -2.36. The number of sulfone groups is 1. The van der Waals surface area contributed by atoms with E-state index in [9.17, 15) is 13.2 Å². The van der Waals surface area contributed by atoms with Crippen molar-refractivity contribution >= 4 is 27.3 Å². The summed E-state index contributed by atoms with van der Waals surface area (Å²) in [6.07, 6.45) is 1.83. The predicted octanol–water partition coefficient (Wildman–Crippen LogP) is 3.67. The maximum Gasteiger partial charge on any atom is 0.255 e. The van der Waals surface area contributed by atoms with Crippen LogP contribution in [0.1, 0.15) is 34.8 Å². The molecule has 1 amide bonds. The Labute approximate surface area is 158 Å². The van der Waals surface area contributed by atoms with Gasteiger partial charge in [-0.1, -0.05) is 30.7 Å². The van der Waals surface area contributed by atoms with Crippen molar-refractivity contribution in [1.82, 2.24) is 4.90 Å². The third kappa shape index (κ3) is 4.84. The molecule has 5 nitrogen and oxygen atoms in total. The van der Waals surface area contributed by atoms with Crippen molar-refractivity contribution in [3.05, 3.63) is 64.2 Å². The molecular weight excluding hydrogens is 372 g/mol. The second kappa shape index (κ2) is 8.35. The van der Waals surface area contributed by atoms with Crippen LogP contribution in [0.25, 0.3) is 0 Å². The molecule has 7 heteroatoms. The van der Waals surface area contributed by atoms with Gasteiger partial charge in [0, 0.05) is 19.3 Å². The number of rotatable bonds is 6. The van der Waals surface area contributed by atoms with Crippen molar-refractivity contribution < 1.29 is 13.2 Å². The summed E-state index contributed by atoms with van der Waals surface area (Å²) >= 11 is 6.15. The summed E-state index contributed by atoms with van der Waals surface area (Å²) in [6.45, 7) is 2.80. The predicted molar refractivity (Wildman–Crippen MR) is 101 cm³/mol. The van der Waals surface area contributed by atoms with Crippen LogP contribution in [-0.4, -0.2) is 32.0 Å². The van der Waals surface area contributed by atoms with Crippen molar-refractivity contribution in [2.24, 2.45) is 0 Å². The zero-order valence-electron chi connectivity index (χ0n) is 14.6. The van der Waals surface area contributed by atoms with Crippen LogP contribution in [-0.2, 0) is 16.4 Å². The van der Waals surface area contributed by atoms with Crippen LogP contribution in [0.5, 0.6) is 0 Å². The first kappa shape index (κ1) is 20.0. The van der Waals surface area contributed by atoms with E-state index in [1.54, 1.807) is 29.2 Å². The number of hydrogen-bond donors (Lipinski definition) is 0. The molecule has 0 saturated heterocycles. The van der Waals surface area contributed by atoms with Crippen molar-refractivity contribution in [1.29, 1.82) is 5.26 Å². The maximum absolute atomic E-state index is 13.0. The molecule has 2 aromatic rings. The second-order valence-electron chi connectivity index (χ2n) is 5.95. The highest BCUT2D eigenvalue weighted by atomic mass is 35.5. The van der Waals surface area contributed by atoms with E-state index in [1.165, 1.54) is 18.2 Å². The minimum Gasteiger partial charge on any atom is -0.334 e. The molecule has 0 spiro atoms. The summed E-state index contributed by atoms with van der Waals surface area (Å²) < 4.78 is 23.5. The van der Waals surface area contributed by atoms with Crippen molar-refractivity contribution in [2.45, 2.75) is 24.8 Å². The Morgan fingerprint density at radius 2 is 1.85 bits per heavy atom. The molecule has 2 aromatic carbocycles. The monoisotopic (exact) mass is 390 g/mol. The van der Waals surface area contributed by atoms with Gasteiger partial charge in [0.1, 0.15) is 0 Å². The summed E-state index contributed by atoms with van der Waals surface area (Å²) in [6, 6.07) is 13.2. The standard InChI is InChI=1S/C19H19ClN2O3S/c1-3-10-22(13-15-6-4-14(12-21)5-7-15)19(23)17-11-16(26(2,24)25)8-9-18(17)20/h4-9,11H,3,10,13H2,1-2H3. The molecule has 0 atom stereocenters. The van der Waals surface area contributed by atoms with E-state index in [0.29, 0.717) is 18.7 Å². The molecule has 136 valence electrons. The van der Waals surface area contributed by atoms with E-state index in [0.717, 1.165) is 18.2 Å². The molecule has 2 rings (SSSR count). The van der Waals surface area contributed by atoms with Gasteiger partial charge in [-0.2, -0.15) is 5.26 Å². The van der Waals surface area contributed by atoms with Crippen LogP contribution in [0.2, 0.25) is 5.02 Å². The van der Waals surface area contributed by atoms with Crippen LogP contribution in [0.15, 0.2) is 47.4 Å². The van der Waals surface area contributed by atoms with Crippen molar-refractivity contribution in [3.63, 3.8) is 0 Å². The summed E-state index contributed by atoms with van der Waals surface area (Å²) in [5.41, 5.74) is 1.59. The highest BCUT2D eigenvalue weighted by Crippen LogP contribution is 2.23. The van der Waals surface area contributed by atoms with Crippen LogP contribution in [0.3, 0.4) is 0 Å². The average Bonchev–Trinajstić information content (AvgIpc) is 2.61. The molecule has 0 N–H and O–H groups in total. The number of halogens is 1. The van der Waals surface area contributed by atoms with Gasteiger partial charge in [0.25, 0.3) is 5.91 Å². The lowest BCUT2D eigenvalue weighted by molar-refractivity contribution is 0.0743. The van der Waals surface area contributed by atoms with Gasteiger partial charge in [0.05, 0.1) is 27.1 Å². The van der Waals surface area contributed by atoms with Gasteiger partial charge >= 0.3 is 0 Å². The zero-order chi connectivity index (χ0) is 19.3. The number of benzene rings is 2.